The summed E-state index contributed by atoms with van der Waals surface area (Å²) in [4.78, 5) is 4.52. The molecule has 1 aromatic carbocycles. The SMILES string of the molecule is CCNc1ccc(-c2cc3ccccc3nc2OC)nn1. The molecule has 0 saturated carbocycles. The molecule has 21 heavy (non-hydrogen) atoms. The van der Waals surface area contributed by atoms with Crippen LogP contribution in [0.3, 0.4) is 0 Å². The van der Waals surface area contributed by atoms with Gasteiger partial charge in [-0.05, 0) is 31.2 Å². The highest BCUT2D eigenvalue weighted by Crippen LogP contribution is 2.30. The predicted molar refractivity (Wildman–Crippen MR) is 83.5 cm³/mol. The van der Waals surface area contributed by atoms with E-state index in [1.165, 1.54) is 0 Å². The molecular formula is C16H16N4O. The summed E-state index contributed by atoms with van der Waals surface area (Å²) in [5, 5.41) is 12.6. The van der Waals surface area contributed by atoms with Crippen molar-refractivity contribution in [3.8, 4) is 17.1 Å². The van der Waals surface area contributed by atoms with Gasteiger partial charge in [-0.15, -0.1) is 10.2 Å². The van der Waals surface area contributed by atoms with E-state index in [1.54, 1.807) is 7.11 Å². The minimum atomic E-state index is 0.555. The van der Waals surface area contributed by atoms with Crippen molar-refractivity contribution >= 4 is 16.7 Å². The Morgan fingerprint density at radius 1 is 1.10 bits per heavy atom. The van der Waals surface area contributed by atoms with E-state index in [9.17, 15) is 0 Å². The second-order valence-corrected chi connectivity index (χ2v) is 4.57. The van der Waals surface area contributed by atoms with Crippen LogP contribution in [0.4, 0.5) is 5.82 Å². The minimum absolute atomic E-state index is 0.555. The topological polar surface area (TPSA) is 59.9 Å². The normalized spacial score (nSPS) is 10.6. The van der Waals surface area contributed by atoms with Crippen molar-refractivity contribution in [1.82, 2.24) is 15.2 Å². The summed E-state index contributed by atoms with van der Waals surface area (Å²) < 4.78 is 5.39. The van der Waals surface area contributed by atoms with Gasteiger partial charge in [0.25, 0.3) is 0 Å². The maximum atomic E-state index is 5.39. The first-order valence-corrected chi connectivity index (χ1v) is 6.83. The van der Waals surface area contributed by atoms with Crippen molar-refractivity contribution in [3.05, 3.63) is 42.5 Å². The lowest BCUT2D eigenvalue weighted by Crippen LogP contribution is -2.01. The van der Waals surface area contributed by atoms with Gasteiger partial charge >= 0.3 is 0 Å². The molecule has 1 N–H and O–H groups in total. The van der Waals surface area contributed by atoms with Gasteiger partial charge in [0.1, 0.15) is 5.82 Å². The van der Waals surface area contributed by atoms with Crippen LogP contribution >= 0.6 is 0 Å². The summed E-state index contributed by atoms with van der Waals surface area (Å²) in [5.74, 6) is 1.31. The molecule has 3 rings (SSSR count). The number of rotatable bonds is 4. The quantitative estimate of drug-likeness (QED) is 0.795. The summed E-state index contributed by atoms with van der Waals surface area (Å²) in [6.07, 6.45) is 0. The standard InChI is InChI=1S/C16H16N4O/c1-3-17-15-9-8-14(19-20-15)12-10-11-6-4-5-7-13(11)18-16(12)21-2/h4-10H,3H2,1-2H3,(H,17,20). The van der Waals surface area contributed by atoms with E-state index in [2.05, 4.69) is 20.5 Å². The maximum Gasteiger partial charge on any atom is 0.223 e. The van der Waals surface area contributed by atoms with Crippen LogP contribution < -0.4 is 10.1 Å². The molecule has 0 spiro atoms. The number of pyridine rings is 1. The third-order valence-corrected chi connectivity index (χ3v) is 3.18. The highest BCUT2D eigenvalue weighted by molar-refractivity contribution is 5.85. The predicted octanol–water partition coefficient (Wildman–Crippen LogP) is 3.13. The molecule has 0 bridgehead atoms. The molecule has 0 aliphatic rings. The number of hydrogen-bond acceptors (Lipinski definition) is 5. The second kappa shape index (κ2) is 5.75. The zero-order valence-electron chi connectivity index (χ0n) is 12.0. The molecule has 2 heterocycles. The van der Waals surface area contributed by atoms with Gasteiger partial charge in [0.15, 0.2) is 0 Å². The summed E-state index contributed by atoms with van der Waals surface area (Å²) >= 11 is 0. The van der Waals surface area contributed by atoms with Gasteiger partial charge in [-0.3, -0.25) is 0 Å². The Balaban J connectivity index is 2.09. The monoisotopic (exact) mass is 280 g/mol. The molecule has 3 aromatic rings. The Morgan fingerprint density at radius 3 is 2.67 bits per heavy atom. The molecular weight excluding hydrogens is 264 g/mol. The lowest BCUT2D eigenvalue weighted by Gasteiger charge is -2.09. The summed E-state index contributed by atoms with van der Waals surface area (Å²) in [5.41, 5.74) is 2.48. The number of methoxy groups -OCH3 is 1. The van der Waals surface area contributed by atoms with Gasteiger partial charge in [0.05, 0.1) is 23.9 Å². The Hall–Kier alpha value is -2.69. The number of nitrogens with one attached hydrogen (secondary N) is 1. The first-order valence-electron chi connectivity index (χ1n) is 6.83. The largest absolute Gasteiger partial charge is 0.480 e. The Kier molecular flexibility index (Phi) is 3.64. The molecule has 0 aliphatic heterocycles. The number of hydrogen-bond donors (Lipinski definition) is 1. The number of ether oxygens (including phenoxy) is 1. The van der Waals surface area contributed by atoms with Crippen molar-refractivity contribution in [3.63, 3.8) is 0 Å². The second-order valence-electron chi connectivity index (χ2n) is 4.57. The minimum Gasteiger partial charge on any atom is -0.480 e. The van der Waals surface area contributed by atoms with Crippen molar-refractivity contribution < 1.29 is 4.74 Å². The number of anilines is 1. The molecule has 5 heteroatoms. The van der Waals surface area contributed by atoms with Crippen molar-refractivity contribution in [2.45, 2.75) is 6.92 Å². The first kappa shape index (κ1) is 13.3. The van der Waals surface area contributed by atoms with E-state index in [4.69, 9.17) is 4.74 Å². The Morgan fingerprint density at radius 2 is 1.95 bits per heavy atom. The highest BCUT2D eigenvalue weighted by Gasteiger charge is 2.11. The van der Waals surface area contributed by atoms with Crippen molar-refractivity contribution in [2.24, 2.45) is 0 Å². The van der Waals surface area contributed by atoms with E-state index in [0.29, 0.717) is 5.88 Å². The smallest absolute Gasteiger partial charge is 0.223 e. The van der Waals surface area contributed by atoms with Gasteiger partial charge in [-0.2, -0.15) is 0 Å². The van der Waals surface area contributed by atoms with Crippen molar-refractivity contribution in [2.75, 3.05) is 19.0 Å². The lowest BCUT2D eigenvalue weighted by atomic mass is 10.1. The molecule has 0 radical (unpaired) electrons. The van der Waals surface area contributed by atoms with Crippen LogP contribution in [-0.2, 0) is 0 Å². The van der Waals surface area contributed by atoms with Crippen LogP contribution in [-0.4, -0.2) is 28.8 Å². The summed E-state index contributed by atoms with van der Waals surface area (Å²) in [7, 11) is 1.61. The summed E-state index contributed by atoms with van der Waals surface area (Å²) in [6, 6.07) is 13.8. The average Bonchev–Trinajstić information content (AvgIpc) is 2.54. The molecule has 0 atom stereocenters. The van der Waals surface area contributed by atoms with E-state index in [1.807, 2.05) is 49.4 Å². The fourth-order valence-corrected chi connectivity index (χ4v) is 2.19. The molecule has 0 saturated heterocycles. The fourth-order valence-electron chi connectivity index (χ4n) is 2.19. The number of benzene rings is 1. The van der Waals surface area contributed by atoms with Gasteiger partial charge in [-0.25, -0.2) is 4.98 Å². The van der Waals surface area contributed by atoms with E-state index >= 15 is 0 Å². The van der Waals surface area contributed by atoms with E-state index in [-0.39, 0.29) is 0 Å². The third-order valence-electron chi connectivity index (χ3n) is 3.18. The van der Waals surface area contributed by atoms with Gasteiger partial charge < -0.3 is 10.1 Å². The lowest BCUT2D eigenvalue weighted by molar-refractivity contribution is 0.401. The van der Waals surface area contributed by atoms with Crippen LogP contribution in [0.25, 0.3) is 22.2 Å². The first-order chi connectivity index (χ1) is 10.3. The fraction of sp³-hybridized carbons (Fsp3) is 0.188. The molecule has 0 amide bonds. The number of para-hydroxylation sites is 1. The van der Waals surface area contributed by atoms with Crippen LogP contribution in [0.2, 0.25) is 0 Å². The number of nitrogens with zero attached hydrogens (tertiary/aromatic N) is 3. The molecule has 106 valence electrons. The van der Waals surface area contributed by atoms with E-state index < -0.39 is 0 Å². The van der Waals surface area contributed by atoms with Gasteiger partial charge in [-0.1, -0.05) is 18.2 Å². The molecule has 0 aliphatic carbocycles. The summed E-state index contributed by atoms with van der Waals surface area (Å²) in [6.45, 7) is 2.83. The number of aromatic nitrogens is 3. The molecule has 0 unspecified atom stereocenters. The number of fused-ring (bicyclic) bond motifs is 1. The Bertz CT molecular complexity index is 756. The maximum absolute atomic E-state index is 5.39. The highest BCUT2D eigenvalue weighted by atomic mass is 16.5. The zero-order chi connectivity index (χ0) is 14.7. The molecule has 0 fully saturated rings. The molecule has 5 nitrogen and oxygen atoms in total. The van der Waals surface area contributed by atoms with E-state index in [0.717, 1.165) is 34.5 Å². The van der Waals surface area contributed by atoms with Gasteiger partial charge in [0.2, 0.25) is 5.88 Å². The van der Waals surface area contributed by atoms with Crippen LogP contribution in [0.5, 0.6) is 5.88 Å². The zero-order valence-corrected chi connectivity index (χ0v) is 12.0. The average molecular weight is 280 g/mol. The van der Waals surface area contributed by atoms with Crippen molar-refractivity contribution in [1.29, 1.82) is 0 Å². The van der Waals surface area contributed by atoms with Gasteiger partial charge in [0, 0.05) is 11.9 Å². The van der Waals surface area contributed by atoms with Crippen LogP contribution in [0.1, 0.15) is 6.92 Å². The van der Waals surface area contributed by atoms with Crippen LogP contribution in [0.15, 0.2) is 42.5 Å². The third kappa shape index (κ3) is 2.63. The Labute approximate surface area is 123 Å². The van der Waals surface area contributed by atoms with Crippen LogP contribution in [0, 0.1) is 0 Å². The molecule has 2 aromatic heterocycles.